The first-order chi connectivity index (χ1) is 12.8. The summed E-state index contributed by atoms with van der Waals surface area (Å²) in [5.74, 6) is -4.68. The van der Waals surface area contributed by atoms with E-state index < -0.39 is 57.2 Å². The predicted octanol–water partition coefficient (Wildman–Crippen LogP) is -0.0582. The van der Waals surface area contributed by atoms with Gasteiger partial charge in [0, 0.05) is 12.1 Å². The van der Waals surface area contributed by atoms with E-state index in [9.17, 15) is 32.9 Å². The Bertz CT molecular complexity index is 865. The van der Waals surface area contributed by atoms with Crippen LogP contribution in [0.4, 0.5) is 5.69 Å². The first-order valence-electron chi connectivity index (χ1n) is 7.87. The number of non-ortho nitro benzene ring substituents is 1. The van der Waals surface area contributed by atoms with Crippen LogP contribution in [-0.2, 0) is 24.4 Å². The summed E-state index contributed by atoms with van der Waals surface area (Å²) in [6, 6.07) is 0.782. The fourth-order valence-electron chi connectivity index (χ4n) is 2.11. The Labute approximate surface area is 159 Å². The van der Waals surface area contributed by atoms with Gasteiger partial charge in [0.25, 0.3) is 5.69 Å². The third-order valence-electron chi connectivity index (χ3n) is 3.58. The monoisotopic (exact) mass is 417 g/mol. The highest BCUT2D eigenvalue weighted by atomic mass is 32.2. The molecule has 2 atom stereocenters. The lowest BCUT2D eigenvalue weighted by Gasteiger charge is -2.23. The number of nitro benzene ring substituents is 1. The summed E-state index contributed by atoms with van der Waals surface area (Å²) in [7, 11) is -4.27. The van der Waals surface area contributed by atoms with Crippen molar-refractivity contribution >= 4 is 33.6 Å². The number of amides is 1. The van der Waals surface area contributed by atoms with Gasteiger partial charge in [-0.1, -0.05) is 13.8 Å². The molecule has 0 aliphatic carbocycles. The van der Waals surface area contributed by atoms with Crippen molar-refractivity contribution < 1.29 is 37.9 Å². The van der Waals surface area contributed by atoms with Crippen molar-refractivity contribution in [1.29, 1.82) is 0 Å². The number of sulfonamides is 1. The zero-order chi connectivity index (χ0) is 21.6. The molecule has 1 rings (SSSR count). The zero-order valence-corrected chi connectivity index (χ0v) is 15.7. The van der Waals surface area contributed by atoms with E-state index in [0.717, 1.165) is 24.3 Å². The first-order valence-corrected chi connectivity index (χ1v) is 9.35. The number of carbonyl (C=O) groups is 3. The Morgan fingerprint density at radius 2 is 1.68 bits per heavy atom. The average Bonchev–Trinajstić information content (AvgIpc) is 2.58. The molecular formula is C15H19N3O9S. The normalized spacial score (nSPS) is 13.5. The van der Waals surface area contributed by atoms with Crippen LogP contribution in [0, 0.1) is 16.0 Å². The molecule has 0 unspecified atom stereocenters. The summed E-state index contributed by atoms with van der Waals surface area (Å²) in [5, 5.41) is 30.4. The van der Waals surface area contributed by atoms with Crippen LogP contribution < -0.4 is 10.0 Å². The van der Waals surface area contributed by atoms with E-state index in [-0.39, 0.29) is 10.6 Å². The zero-order valence-electron chi connectivity index (χ0n) is 14.9. The Balaban J connectivity index is 3.04. The highest BCUT2D eigenvalue weighted by Gasteiger charge is 2.32. The highest BCUT2D eigenvalue weighted by Crippen LogP contribution is 2.17. The summed E-state index contributed by atoms with van der Waals surface area (Å²) in [5.41, 5.74) is -0.324. The van der Waals surface area contributed by atoms with Gasteiger partial charge in [-0.05, 0) is 18.1 Å². The summed E-state index contributed by atoms with van der Waals surface area (Å²) in [6.07, 6.45) is -0.888. The summed E-state index contributed by atoms with van der Waals surface area (Å²) >= 11 is 0. The van der Waals surface area contributed by atoms with Gasteiger partial charge in [-0.3, -0.25) is 19.7 Å². The number of carboxylic acid groups (broad SMARTS) is 2. The molecule has 12 nitrogen and oxygen atoms in total. The summed E-state index contributed by atoms with van der Waals surface area (Å²) in [4.78, 5) is 43.8. The lowest BCUT2D eigenvalue weighted by Crippen LogP contribution is -2.54. The fraction of sp³-hybridized carbons (Fsp3) is 0.400. The molecule has 0 radical (unpaired) electrons. The maximum absolute atomic E-state index is 12.5. The molecule has 0 saturated carbocycles. The molecule has 1 amide bonds. The van der Waals surface area contributed by atoms with E-state index in [1.165, 1.54) is 13.8 Å². The van der Waals surface area contributed by atoms with Crippen molar-refractivity contribution in [3.63, 3.8) is 0 Å². The standard InChI is InChI=1S/C15H19N3O9S/c1-8(2)13(14(21)16-11(15(22)23)7-12(19)20)17-28(26,27)10-5-3-9(4-6-10)18(24)25/h3-6,8,11,13,17H,7H2,1-2H3,(H,16,21)(H,19,20)(H,22,23)/t11-,13-/m0/s1. The second-order valence-electron chi connectivity index (χ2n) is 6.09. The van der Waals surface area contributed by atoms with E-state index in [4.69, 9.17) is 10.2 Å². The molecular weight excluding hydrogens is 398 g/mol. The third-order valence-corrected chi connectivity index (χ3v) is 5.04. The first kappa shape index (κ1) is 23.0. The maximum Gasteiger partial charge on any atom is 0.326 e. The van der Waals surface area contributed by atoms with E-state index >= 15 is 0 Å². The highest BCUT2D eigenvalue weighted by molar-refractivity contribution is 7.89. The van der Waals surface area contributed by atoms with Crippen LogP contribution in [0.15, 0.2) is 29.2 Å². The third kappa shape index (κ3) is 6.28. The minimum atomic E-state index is -4.27. The van der Waals surface area contributed by atoms with Crippen LogP contribution in [0.25, 0.3) is 0 Å². The number of nitrogens with zero attached hydrogens (tertiary/aromatic N) is 1. The van der Waals surface area contributed by atoms with Crippen LogP contribution in [0.2, 0.25) is 0 Å². The molecule has 1 aromatic rings. The number of carbonyl (C=O) groups excluding carboxylic acids is 1. The van der Waals surface area contributed by atoms with Crippen molar-refractivity contribution in [3.05, 3.63) is 34.4 Å². The minimum absolute atomic E-state index is 0.324. The number of carboxylic acids is 2. The lowest BCUT2D eigenvalue weighted by molar-refractivity contribution is -0.384. The molecule has 0 aliphatic rings. The van der Waals surface area contributed by atoms with Gasteiger partial charge in [0.1, 0.15) is 12.1 Å². The molecule has 0 aliphatic heterocycles. The van der Waals surface area contributed by atoms with Gasteiger partial charge < -0.3 is 15.5 Å². The number of nitro groups is 1. The molecule has 1 aromatic carbocycles. The Morgan fingerprint density at radius 1 is 1.14 bits per heavy atom. The quantitative estimate of drug-likeness (QED) is 0.298. The van der Waals surface area contributed by atoms with E-state index in [1.54, 1.807) is 0 Å². The van der Waals surface area contributed by atoms with Gasteiger partial charge in [0.15, 0.2) is 0 Å². The topological polar surface area (TPSA) is 193 Å². The fourth-order valence-corrected chi connectivity index (χ4v) is 3.45. The van der Waals surface area contributed by atoms with Crippen molar-refractivity contribution in [2.45, 2.75) is 37.2 Å². The Hall–Kier alpha value is -3.06. The molecule has 0 spiro atoms. The van der Waals surface area contributed by atoms with Gasteiger partial charge in [-0.2, -0.15) is 4.72 Å². The van der Waals surface area contributed by atoms with Gasteiger partial charge in [-0.15, -0.1) is 0 Å². The van der Waals surface area contributed by atoms with Gasteiger partial charge in [0.2, 0.25) is 15.9 Å². The Morgan fingerprint density at radius 3 is 2.07 bits per heavy atom. The van der Waals surface area contributed by atoms with E-state index in [0.29, 0.717) is 0 Å². The molecule has 0 saturated heterocycles. The number of aliphatic carboxylic acids is 2. The van der Waals surface area contributed by atoms with Crippen LogP contribution in [0.5, 0.6) is 0 Å². The van der Waals surface area contributed by atoms with Crippen molar-refractivity contribution in [3.8, 4) is 0 Å². The van der Waals surface area contributed by atoms with Crippen LogP contribution in [0.3, 0.4) is 0 Å². The van der Waals surface area contributed by atoms with Crippen molar-refractivity contribution in [2.24, 2.45) is 5.92 Å². The van der Waals surface area contributed by atoms with E-state index in [2.05, 4.69) is 4.72 Å². The Kier molecular flexibility index (Phi) is 7.58. The second kappa shape index (κ2) is 9.23. The minimum Gasteiger partial charge on any atom is -0.481 e. The average molecular weight is 417 g/mol. The van der Waals surface area contributed by atoms with Crippen molar-refractivity contribution in [2.75, 3.05) is 0 Å². The molecule has 13 heteroatoms. The molecule has 4 N–H and O–H groups in total. The van der Waals surface area contributed by atoms with E-state index in [1.807, 2.05) is 5.32 Å². The second-order valence-corrected chi connectivity index (χ2v) is 7.81. The van der Waals surface area contributed by atoms with Crippen LogP contribution in [0.1, 0.15) is 20.3 Å². The molecule has 0 bridgehead atoms. The predicted molar refractivity (Wildman–Crippen MR) is 93.9 cm³/mol. The summed E-state index contributed by atoms with van der Waals surface area (Å²) < 4.78 is 27.0. The summed E-state index contributed by atoms with van der Waals surface area (Å²) in [6.45, 7) is 2.99. The molecule has 0 fully saturated rings. The largest absolute Gasteiger partial charge is 0.481 e. The molecule has 0 heterocycles. The number of hydrogen-bond donors (Lipinski definition) is 4. The molecule has 28 heavy (non-hydrogen) atoms. The smallest absolute Gasteiger partial charge is 0.326 e. The van der Waals surface area contributed by atoms with Gasteiger partial charge in [-0.25, -0.2) is 13.2 Å². The number of nitrogens with one attached hydrogen (secondary N) is 2. The van der Waals surface area contributed by atoms with Gasteiger partial charge in [0.05, 0.1) is 16.2 Å². The lowest BCUT2D eigenvalue weighted by atomic mass is 10.0. The van der Waals surface area contributed by atoms with Crippen LogP contribution in [-0.4, -0.2) is 53.5 Å². The van der Waals surface area contributed by atoms with Crippen molar-refractivity contribution in [1.82, 2.24) is 10.0 Å². The SMILES string of the molecule is CC(C)[C@H](NS(=O)(=O)c1ccc([N+](=O)[O-])cc1)C(=O)N[C@@H](CC(=O)O)C(=O)O. The maximum atomic E-state index is 12.5. The number of hydrogen-bond acceptors (Lipinski definition) is 7. The molecule has 0 aromatic heterocycles. The number of rotatable bonds is 10. The van der Waals surface area contributed by atoms with Crippen LogP contribution >= 0.6 is 0 Å². The van der Waals surface area contributed by atoms with Gasteiger partial charge >= 0.3 is 11.9 Å². The number of benzene rings is 1. The molecule has 154 valence electrons.